The molecule has 0 aromatic rings. The Morgan fingerprint density at radius 3 is 1.71 bits per heavy atom. The van der Waals surface area contributed by atoms with Crippen molar-refractivity contribution in [3.63, 3.8) is 0 Å². The van der Waals surface area contributed by atoms with E-state index in [0.717, 1.165) is 0 Å². The van der Waals surface area contributed by atoms with Crippen molar-refractivity contribution in [2.75, 3.05) is 0 Å². The number of hydrogen-bond acceptors (Lipinski definition) is 1. The monoisotopic (exact) mass is 263 g/mol. The fraction of sp³-hybridized carbons (Fsp3) is 0.900. The minimum Gasteiger partial charge on any atom is -0.349 e. The Morgan fingerprint density at radius 2 is 1.41 bits per heavy atom. The lowest BCUT2D eigenvalue weighted by Crippen LogP contribution is -2.43. The van der Waals surface area contributed by atoms with Crippen LogP contribution in [0.3, 0.4) is 0 Å². The molecule has 17 heavy (non-hydrogen) atoms. The zero-order chi connectivity index (χ0) is 13.3. The van der Waals surface area contributed by atoms with E-state index in [1.54, 1.807) is 0 Å². The molecule has 0 atom stereocenters. The van der Waals surface area contributed by atoms with Gasteiger partial charge in [0.1, 0.15) is 0 Å². The van der Waals surface area contributed by atoms with E-state index < -0.39 is 24.1 Å². The molecular formula is C10H13F6O. The van der Waals surface area contributed by atoms with E-state index in [1.807, 2.05) is 0 Å². The average Bonchev–Trinajstić information content (AvgIpc) is 2.60. The maximum atomic E-state index is 12.3. The quantitative estimate of drug-likeness (QED) is 0.686. The van der Waals surface area contributed by atoms with E-state index in [1.165, 1.54) is 6.92 Å². The summed E-state index contributed by atoms with van der Waals surface area (Å²) >= 11 is 0. The van der Waals surface area contributed by atoms with Gasteiger partial charge in [-0.1, -0.05) is 19.8 Å². The Hall–Kier alpha value is -0.460. The van der Waals surface area contributed by atoms with E-state index >= 15 is 0 Å². The van der Waals surface area contributed by atoms with Crippen LogP contribution in [-0.4, -0.2) is 18.0 Å². The lowest BCUT2D eigenvalue weighted by Gasteiger charge is -2.33. The summed E-state index contributed by atoms with van der Waals surface area (Å²) < 4.78 is 78.1. The summed E-state index contributed by atoms with van der Waals surface area (Å²) in [6.45, 7) is 1.54. The summed E-state index contributed by atoms with van der Waals surface area (Å²) in [7, 11) is 0. The van der Waals surface area contributed by atoms with E-state index in [9.17, 15) is 26.3 Å². The molecule has 0 saturated heterocycles. The molecule has 1 radical (unpaired) electrons. The van der Waals surface area contributed by atoms with Crippen molar-refractivity contribution in [3.8, 4) is 0 Å². The fourth-order valence-electron chi connectivity index (χ4n) is 2.04. The molecule has 1 rings (SSSR count). The molecule has 101 valence electrons. The minimum absolute atomic E-state index is 0.142. The number of rotatable bonds is 3. The van der Waals surface area contributed by atoms with Gasteiger partial charge in [0.2, 0.25) is 0 Å². The molecular weight excluding hydrogens is 250 g/mol. The highest BCUT2D eigenvalue weighted by Crippen LogP contribution is 2.48. The Bertz CT molecular complexity index is 237. The molecule has 1 aliphatic rings. The predicted octanol–water partition coefficient (Wildman–Crippen LogP) is 4.38. The molecule has 0 bridgehead atoms. The predicted molar refractivity (Wildman–Crippen MR) is 47.9 cm³/mol. The summed E-state index contributed by atoms with van der Waals surface area (Å²) in [6.07, 6.45) is -11.9. The number of alkyl halides is 6. The SMILES string of the molecule is CCC1(O[C](C(F)(F)F)C(F)(F)F)CCCC1. The highest BCUT2D eigenvalue weighted by atomic mass is 19.4. The molecule has 1 saturated carbocycles. The largest absolute Gasteiger partial charge is 0.430 e. The van der Waals surface area contributed by atoms with Crippen LogP contribution < -0.4 is 0 Å². The van der Waals surface area contributed by atoms with Crippen LogP contribution in [0.2, 0.25) is 0 Å². The van der Waals surface area contributed by atoms with Crippen LogP contribution in [0.1, 0.15) is 39.0 Å². The Labute approximate surface area is 95.1 Å². The summed E-state index contributed by atoms with van der Waals surface area (Å²) in [5, 5.41) is 0. The van der Waals surface area contributed by atoms with Crippen LogP contribution in [-0.2, 0) is 4.74 Å². The molecule has 1 fully saturated rings. The molecule has 0 amide bonds. The molecule has 0 heterocycles. The number of ether oxygens (including phenoxy) is 1. The van der Waals surface area contributed by atoms with Gasteiger partial charge in [0.15, 0.2) is 0 Å². The molecule has 7 heteroatoms. The lowest BCUT2D eigenvalue weighted by molar-refractivity contribution is -0.285. The zero-order valence-corrected chi connectivity index (χ0v) is 9.21. The van der Waals surface area contributed by atoms with Gasteiger partial charge in [-0.3, -0.25) is 0 Å². The highest BCUT2D eigenvalue weighted by molar-refractivity contribution is 5.00. The third-order valence-electron chi connectivity index (χ3n) is 2.99. The summed E-state index contributed by atoms with van der Waals surface area (Å²) in [5.41, 5.74) is -1.31. The average molecular weight is 263 g/mol. The van der Waals surface area contributed by atoms with Crippen molar-refractivity contribution in [3.05, 3.63) is 6.10 Å². The molecule has 1 aliphatic carbocycles. The third-order valence-corrected chi connectivity index (χ3v) is 2.99. The lowest BCUT2D eigenvalue weighted by atomic mass is 9.98. The van der Waals surface area contributed by atoms with Crippen molar-refractivity contribution < 1.29 is 31.1 Å². The van der Waals surface area contributed by atoms with Gasteiger partial charge in [-0.2, -0.15) is 26.3 Å². The third kappa shape index (κ3) is 3.50. The van der Waals surface area contributed by atoms with Gasteiger partial charge in [0.05, 0.1) is 5.60 Å². The molecule has 0 aliphatic heterocycles. The first kappa shape index (κ1) is 14.6. The maximum absolute atomic E-state index is 12.3. The van der Waals surface area contributed by atoms with E-state index in [4.69, 9.17) is 0 Å². The first-order valence-corrected chi connectivity index (χ1v) is 5.31. The second-order valence-electron chi connectivity index (χ2n) is 4.17. The van der Waals surface area contributed by atoms with Crippen molar-refractivity contribution in [1.29, 1.82) is 0 Å². The van der Waals surface area contributed by atoms with E-state index in [-0.39, 0.29) is 19.3 Å². The Balaban J connectivity index is 2.86. The normalized spacial score (nSPS) is 21.2. The molecule has 0 aromatic heterocycles. The molecule has 0 aromatic carbocycles. The van der Waals surface area contributed by atoms with Gasteiger partial charge in [0, 0.05) is 0 Å². The molecule has 0 unspecified atom stereocenters. The second kappa shape index (κ2) is 4.66. The number of halogens is 6. The van der Waals surface area contributed by atoms with Gasteiger partial charge in [-0.15, -0.1) is 0 Å². The van der Waals surface area contributed by atoms with Gasteiger partial charge in [-0.05, 0) is 19.3 Å². The second-order valence-corrected chi connectivity index (χ2v) is 4.17. The zero-order valence-electron chi connectivity index (χ0n) is 9.21. The van der Waals surface area contributed by atoms with Gasteiger partial charge >= 0.3 is 18.5 Å². The van der Waals surface area contributed by atoms with Crippen molar-refractivity contribution in [1.82, 2.24) is 0 Å². The smallest absolute Gasteiger partial charge is 0.349 e. The van der Waals surface area contributed by atoms with Crippen LogP contribution in [0, 0.1) is 6.10 Å². The van der Waals surface area contributed by atoms with Gasteiger partial charge in [0.25, 0.3) is 0 Å². The van der Waals surface area contributed by atoms with Crippen LogP contribution in [0.4, 0.5) is 26.3 Å². The van der Waals surface area contributed by atoms with Crippen molar-refractivity contribution in [2.45, 2.75) is 57.0 Å². The van der Waals surface area contributed by atoms with Crippen molar-refractivity contribution >= 4 is 0 Å². The topological polar surface area (TPSA) is 9.23 Å². The summed E-state index contributed by atoms with van der Waals surface area (Å²) in [4.78, 5) is 0. The molecule has 0 N–H and O–H groups in total. The van der Waals surface area contributed by atoms with Crippen LogP contribution in [0.5, 0.6) is 0 Å². The Kier molecular flexibility index (Phi) is 4.01. The van der Waals surface area contributed by atoms with Crippen LogP contribution in [0.25, 0.3) is 0 Å². The van der Waals surface area contributed by atoms with Crippen molar-refractivity contribution in [2.24, 2.45) is 0 Å². The highest BCUT2D eigenvalue weighted by Gasteiger charge is 2.62. The summed E-state index contributed by atoms with van der Waals surface area (Å²) in [5.74, 6) is 0. The van der Waals surface area contributed by atoms with Gasteiger partial charge < -0.3 is 4.74 Å². The van der Waals surface area contributed by atoms with Crippen LogP contribution in [0.15, 0.2) is 0 Å². The van der Waals surface area contributed by atoms with E-state index in [0.29, 0.717) is 12.8 Å². The first-order valence-electron chi connectivity index (χ1n) is 5.31. The number of hydrogen-bond donors (Lipinski definition) is 0. The Morgan fingerprint density at radius 1 is 1.00 bits per heavy atom. The summed E-state index contributed by atoms with van der Waals surface area (Å²) in [6, 6.07) is 0. The van der Waals surface area contributed by atoms with Gasteiger partial charge in [-0.25, -0.2) is 0 Å². The molecule has 0 spiro atoms. The fourth-order valence-corrected chi connectivity index (χ4v) is 2.04. The first-order chi connectivity index (χ1) is 7.61. The standard InChI is InChI=1S/C10H13F6O/c1-2-8(5-3-4-6-8)17-7(9(11,12)13)10(14,15)16/h2-6H2,1H3. The maximum Gasteiger partial charge on any atom is 0.430 e. The van der Waals surface area contributed by atoms with E-state index in [2.05, 4.69) is 4.74 Å². The minimum atomic E-state index is -5.50. The van der Waals surface area contributed by atoms with Crippen LogP contribution >= 0.6 is 0 Å². The molecule has 1 nitrogen and oxygen atoms in total.